The zero-order valence-electron chi connectivity index (χ0n) is 12.7. The van der Waals surface area contributed by atoms with E-state index in [1.54, 1.807) is 6.20 Å². The lowest BCUT2D eigenvalue weighted by molar-refractivity contribution is -0.133. The summed E-state index contributed by atoms with van der Waals surface area (Å²) in [4.78, 5) is 16.7. The molecule has 2 aliphatic heterocycles. The van der Waals surface area contributed by atoms with Gasteiger partial charge in [0.2, 0.25) is 5.91 Å². The van der Waals surface area contributed by atoms with Crippen LogP contribution in [0.4, 0.5) is 0 Å². The van der Waals surface area contributed by atoms with Gasteiger partial charge in [-0.05, 0) is 19.0 Å². The normalized spacial score (nSPS) is 22.0. The molecule has 0 aliphatic carbocycles. The molecule has 126 valence electrons. The molecule has 1 aromatic rings. The molecule has 1 amide bonds. The van der Waals surface area contributed by atoms with Gasteiger partial charge in [-0.25, -0.2) is 0 Å². The highest BCUT2D eigenvalue weighted by Crippen LogP contribution is 2.12. The number of rotatable bonds is 4. The number of carbonyl (C=O) groups excluding carboxylic acids is 1. The van der Waals surface area contributed by atoms with Crippen molar-refractivity contribution in [2.45, 2.75) is 25.4 Å². The molecule has 0 radical (unpaired) electrons. The van der Waals surface area contributed by atoms with Crippen LogP contribution in [0.2, 0.25) is 0 Å². The van der Waals surface area contributed by atoms with Gasteiger partial charge < -0.3 is 10.2 Å². The number of hydrogen-bond acceptors (Lipinski definition) is 4. The zero-order valence-corrected chi connectivity index (χ0v) is 14.3. The Morgan fingerprint density at radius 1 is 1.23 bits per heavy atom. The quantitative estimate of drug-likeness (QED) is 0.865. The maximum atomic E-state index is 12.2. The van der Waals surface area contributed by atoms with Crippen molar-refractivity contribution in [1.29, 1.82) is 0 Å². The van der Waals surface area contributed by atoms with Gasteiger partial charge in [0.05, 0.1) is 0 Å². The molecule has 0 aromatic carbocycles. The van der Waals surface area contributed by atoms with Crippen molar-refractivity contribution in [3.05, 3.63) is 18.5 Å². The van der Waals surface area contributed by atoms with E-state index in [-0.39, 0.29) is 30.7 Å². The average Bonchev–Trinajstić information content (AvgIpc) is 3.18. The van der Waals surface area contributed by atoms with Crippen LogP contribution in [0, 0.1) is 0 Å². The van der Waals surface area contributed by atoms with Gasteiger partial charge in [0.1, 0.15) is 0 Å². The van der Waals surface area contributed by atoms with Crippen LogP contribution in [0.3, 0.4) is 0 Å². The van der Waals surface area contributed by atoms with E-state index in [1.165, 1.54) is 6.42 Å². The summed E-state index contributed by atoms with van der Waals surface area (Å²) in [7, 11) is 0. The summed E-state index contributed by atoms with van der Waals surface area (Å²) in [6.45, 7) is 6.68. The SMILES string of the molecule is Cl.Cl.O=C(CCn1cccn1)N1CCN(C2CCNC2)CC1. The molecule has 8 heteroatoms. The van der Waals surface area contributed by atoms with Crippen LogP contribution in [0.15, 0.2) is 18.5 Å². The Hall–Kier alpha value is -0.820. The Morgan fingerprint density at radius 3 is 2.59 bits per heavy atom. The van der Waals surface area contributed by atoms with Crippen LogP contribution in [-0.2, 0) is 11.3 Å². The van der Waals surface area contributed by atoms with E-state index in [2.05, 4.69) is 15.3 Å². The average molecular weight is 350 g/mol. The number of aryl methyl sites for hydroxylation is 1. The van der Waals surface area contributed by atoms with Gasteiger partial charge in [0, 0.05) is 64.1 Å². The highest BCUT2D eigenvalue weighted by atomic mass is 35.5. The standard InChI is InChI=1S/C14H23N5O.2ClH/c20-14(3-7-19-6-1-4-16-19)18-10-8-17(9-11-18)13-2-5-15-12-13;;/h1,4,6,13,15H,2-3,5,7-12H2;2*1H. The summed E-state index contributed by atoms with van der Waals surface area (Å²) < 4.78 is 1.82. The van der Waals surface area contributed by atoms with Crippen molar-refractivity contribution in [2.75, 3.05) is 39.3 Å². The fraction of sp³-hybridized carbons (Fsp3) is 0.714. The van der Waals surface area contributed by atoms with E-state index in [9.17, 15) is 4.79 Å². The minimum atomic E-state index is 0. The molecule has 0 bridgehead atoms. The molecule has 22 heavy (non-hydrogen) atoms. The van der Waals surface area contributed by atoms with Crippen LogP contribution in [0.1, 0.15) is 12.8 Å². The largest absolute Gasteiger partial charge is 0.340 e. The number of aromatic nitrogens is 2. The number of halogens is 2. The predicted molar refractivity (Wildman–Crippen MR) is 90.8 cm³/mol. The van der Waals surface area contributed by atoms with E-state index < -0.39 is 0 Å². The number of nitrogens with one attached hydrogen (secondary N) is 1. The van der Waals surface area contributed by atoms with Gasteiger partial charge in [-0.2, -0.15) is 5.10 Å². The van der Waals surface area contributed by atoms with Gasteiger partial charge in [0.15, 0.2) is 0 Å². The molecule has 0 spiro atoms. The van der Waals surface area contributed by atoms with Gasteiger partial charge in [-0.1, -0.05) is 0 Å². The highest BCUT2D eigenvalue weighted by molar-refractivity contribution is 5.85. The second-order valence-electron chi connectivity index (χ2n) is 5.58. The minimum Gasteiger partial charge on any atom is -0.340 e. The van der Waals surface area contributed by atoms with E-state index >= 15 is 0 Å². The summed E-state index contributed by atoms with van der Waals surface area (Å²) in [5, 5.41) is 7.54. The number of carbonyl (C=O) groups is 1. The Labute approximate surface area is 144 Å². The molecule has 3 rings (SSSR count). The molecule has 1 aromatic heterocycles. The molecule has 6 nitrogen and oxygen atoms in total. The second-order valence-corrected chi connectivity index (χ2v) is 5.58. The topological polar surface area (TPSA) is 53.4 Å². The Bertz CT molecular complexity index is 428. The molecule has 2 saturated heterocycles. The van der Waals surface area contributed by atoms with Gasteiger partial charge >= 0.3 is 0 Å². The van der Waals surface area contributed by atoms with Crippen molar-refractivity contribution in [3.8, 4) is 0 Å². The van der Waals surface area contributed by atoms with E-state index in [0.29, 0.717) is 19.0 Å². The number of piperazine rings is 1. The lowest BCUT2D eigenvalue weighted by atomic mass is 10.2. The Morgan fingerprint density at radius 2 is 2.00 bits per heavy atom. The maximum absolute atomic E-state index is 12.2. The second kappa shape index (κ2) is 9.35. The van der Waals surface area contributed by atoms with E-state index in [0.717, 1.165) is 39.3 Å². The van der Waals surface area contributed by atoms with E-state index in [1.807, 2.05) is 21.8 Å². The van der Waals surface area contributed by atoms with Crippen LogP contribution in [0.5, 0.6) is 0 Å². The number of nitrogens with zero attached hydrogens (tertiary/aromatic N) is 4. The molecular formula is C14H25Cl2N5O. The molecule has 1 unspecified atom stereocenters. The van der Waals surface area contributed by atoms with E-state index in [4.69, 9.17) is 0 Å². The first-order chi connectivity index (χ1) is 9.83. The van der Waals surface area contributed by atoms with Crippen molar-refractivity contribution in [3.63, 3.8) is 0 Å². The van der Waals surface area contributed by atoms with Gasteiger partial charge in [0.25, 0.3) is 0 Å². The molecule has 1 N–H and O–H groups in total. The smallest absolute Gasteiger partial charge is 0.224 e. The van der Waals surface area contributed by atoms with Crippen molar-refractivity contribution >= 4 is 30.7 Å². The third-order valence-corrected chi connectivity index (χ3v) is 4.33. The third kappa shape index (κ3) is 4.84. The fourth-order valence-electron chi connectivity index (χ4n) is 3.09. The zero-order chi connectivity index (χ0) is 13.8. The lowest BCUT2D eigenvalue weighted by Gasteiger charge is -2.37. The van der Waals surface area contributed by atoms with Crippen molar-refractivity contribution in [2.24, 2.45) is 0 Å². The first-order valence-corrected chi connectivity index (χ1v) is 7.53. The third-order valence-electron chi connectivity index (χ3n) is 4.33. The first kappa shape index (κ1) is 19.2. The Balaban J connectivity index is 0.00000121. The molecule has 3 heterocycles. The highest BCUT2D eigenvalue weighted by Gasteiger charge is 2.27. The van der Waals surface area contributed by atoms with Crippen LogP contribution in [0.25, 0.3) is 0 Å². The van der Waals surface area contributed by atoms with Gasteiger partial charge in [-0.3, -0.25) is 14.4 Å². The molecular weight excluding hydrogens is 325 g/mol. The first-order valence-electron chi connectivity index (χ1n) is 7.53. The summed E-state index contributed by atoms with van der Waals surface area (Å²) in [5.41, 5.74) is 0. The molecule has 0 saturated carbocycles. The van der Waals surface area contributed by atoms with Gasteiger partial charge in [-0.15, -0.1) is 24.8 Å². The lowest BCUT2D eigenvalue weighted by Crippen LogP contribution is -2.52. The van der Waals surface area contributed by atoms with Crippen molar-refractivity contribution in [1.82, 2.24) is 24.9 Å². The van der Waals surface area contributed by atoms with Crippen molar-refractivity contribution < 1.29 is 4.79 Å². The fourth-order valence-corrected chi connectivity index (χ4v) is 3.09. The van der Waals surface area contributed by atoms with Crippen LogP contribution < -0.4 is 5.32 Å². The molecule has 1 atom stereocenters. The monoisotopic (exact) mass is 349 g/mol. The summed E-state index contributed by atoms with van der Waals surface area (Å²) in [6, 6.07) is 2.56. The summed E-state index contributed by atoms with van der Waals surface area (Å²) in [6.07, 6.45) is 5.44. The molecule has 2 fully saturated rings. The summed E-state index contributed by atoms with van der Waals surface area (Å²) >= 11 is 0. The summed E-state index contributed by atoms with van der Waals surface area (Å²) in [5.74, 6) is 0.254. The molecule has 2 aliphatic rings. The Kier molecular flexibility index (Phi) is 8.17. The minimum absolute atomic E-state index is 0. The maximum Gasteiger partial charge on any atom is 0.224 e. The number of hydrogen-bond donors (Lipinski definition) is 1. The van der Waals surface area contributed by atoms with Crippen LogP contribution in [-0.4, -0.2) is 70.8 Å². The predicted octanol–water partition coefficient (Wildman–Crippen LogP) is 0.623. The number of amides is 1. The van der Waals surface area contributed by atoms with Crippen LogP contribution >= 0.6 is 24.8 Å².